The number of hydrogen-bond donors (Lipinski definition) is 4. The van der Waals surface area contributed by atoms with Gasteiger partial charge in [0.1, 0.15) is 11.9 Å². The second-order valence-corrected chi connectivity index (χ2v) is 10.5. The van der Waals surface area contributed by atoms with E-state index < -0.39 is 17.9 Å². The van der Waals surface area contributed by atoms with Crippen molar-refractivity contribution in [2.24, 2.45) is 5.92 Å². The average molecular weight is 558 g/mol. The van der Waals surface area contributed by atoms with E-state index >= 15 is 0 Å². The molecule has 0 aliphatic carbocycles. The summed E-state index contributed by atoms with van der Waals surface area (Å²) >= 11 is 0. The Kier molecular flexibility index (Phi) is 9.95. The van der Waals surface area contributed by atoms with Crippen LogP contribution in [0.25, 0.3) is 0 Å². The number of carboxylic acids is 1. The molecular formula is C32H39N5O4. The first kappa shape index (κ1) is 29.6. The van der Waals surface area contributed by atoms with Gasteiger partial charge in [0.15, 0.2) is 0 Å². The van der Waals surface area contributed by atoms with Crippen LogP contribution in [0, 0.1) is 12.8 Å². The van der Waals surface area contributed by atoms with Gasteiger partial charge in [0.05, 0.1) is 0 Å². The predicted molar refractivity (Wildman–Crippen MR) is 161 cm³/mol. The minimum Gasteiger partial charge on any atom is -0.480 e. The number of aromatic nitrogens is 1. The highest BCUT2D eigenvalue weighted by Gasteiger charge is 2.25. The van der Waals surface area contributed by atoms with E-state index in [0.717, 1.165) is 49.5 Å². The molecule has 9 heteroatoms. The quantitative estimate of drug-likeness (QED) is 0.280. The average Bonchev–Trinajstić information content (AvgIpc) is 2.99. The first-order chi connectivity index (χ1) is 19.8. The third-order valence-electron chi connectivity index (χ3n) is 7.71. The number of hydrogen-bond acceptors (Lipinski definition) is 6. The van der Waals surface area contributed by atoms with E-state index in [2.05, 4.69) is 25.8 Å². The number of piperidine rings is 1. The zero-order valence-corrected chi connectivity index (χ0v) is 23.9. The SMILES string of the molecule is CCc1cc(C(=O)NC)cc(C)c1C(=O)NC(Cc1ccc(N2CCC(CNc3ccccn3)CC2)cc1)C(=O)O. The van der Waals surface area contributed by atoms with Gasteiger partial charge in [-0.15, -0.1) is 0 Å². The fourth-order valence-corrected chi connectivity index (χ4v) is 5.36. The van der Waals surface area contributed by atoms with Crippen molar-refractivity contribution in [2.75, 3.05) is 36.9 Å². The number of amides is 2. The highest BCUT2D eigenvalue weighted by atomic mass is 16.4. The third-order valence-corrected chi connectivity index (χ3v) is 7.71. The van der Waals surface area contributed by atoms with E-state index in [1.807, 2.05) is 49.4 Å². The van der Waals surface area contributed by atoms with Crippen LogP contribution in [0.2, 0.25) is 0 Å². The summed E-state index contributed by atoms with van der Waals surface area (Å²) in [7, 11) is 1.56. The number of carbonyl (C=O) groups is 3. The lowest BCUT2D eigenvalue weighted by atomic mass is 9.95. The molecule has 2 amide bonds. The summed E-state index contributed by atoms with van der Waals surface area (Å²) in [5.41, 5.74) is 4.16. The van der Waals surface area contributed by atoms with Gasteiger partial charge in [-0.05, 0) is 85.2 Å². The third kappa shape index (κ3) is 7.63. The molecule has 0 saturated carbocycles. The summed E-state index contributed by atoms with van der Waals surface area (Å²) in [6.45, 7) is 6.48. The number of carboxylic acid groups (broad SMARTS) is 1. The molecule has 1 unspecified atom stereocenters. The molecule has 216 valence electrons. The lowest BCUT2D eigenvalue weighted by Gasteiger charge is -2.34. The Balaban J connectivity index is 1.34. The van der Waals surface area contributed by atoms with Gasteiger partial charge in [-0.2, -0.15) is 0 Å². The maximum Gasteiger partial charge on any atom is 0.326 e. The normalized spacial score (nSPS) is 14.3. The minimum absolute atomic E-state index is 0.166. The first-order valence-corrected chi connectivity index (χ1v) is 14.2. The largest absolute Gasteiger partial charge is 0.480 e. The molecule has 2 heterocycles. The Bertz CT molecular complexity index is 1350. The van der Waals surface area contributed by atoms with Crippen LogP contribution in [-0.2, 0) is 17.6 Å². The molecule has 0 radical (unpaired) electrons. The molecule has 3 aromatic rings. The van der Waals surface area contributed by atoms with Crippen LogP contribution in [0.15, 0.2) is 60.8 Å². The Morgan fingerprint density at radius 1 is 1.05 bits per heavy atom. The molecule has 0 bridgehead atoms. The Hall–Kier alpha value is -4.40. The molecule has 1 aliphatic heterocycles. The van der Waals surface area contributed by atoms with E-state index in [1.54, 1.807) is 32.3 Å². The molecule has 1 saturated heterocycles. The van der Waals surface area contributed by atoms with E-state index in [-0.39, 0.29) is 12.3 Å². The molecule has 1 atom stereocenters. The molecule has 2 aromatic carbocycles. The van der Waals surface area contributed by atoms with Crippen LogP contribution in [0.3, 0.4) is 0 Å². The van der Waals surface area contributed by atoms with Crippen molar-refractivity contribution in [3.05, 3.63) is 88.6 Å². The maximum atomic E-state index is 13.2. The number of benzene rings is 2. The monoisotopic (exact) mass is 557 g/mol. The fraction of sp³-hybridized carbons (Fsp3) is 0.375. The topological polar surface area (TPSA) is 124 Å². The molecule has 0 spiro atoms. The number of carbonyl (C=O) groups excluding carboxylic acids is 2. The summed E-state index contributed by atoms with van der Waals surface area (Å²) in [6.07, 6.45) is 4.65. The van der Waals surface area contributed by atoms with E-state index in [4.69, 9.17) is 0 Å². The van der Waals surface area contributed by atoms with Crippen molar-refractivity contribution in [2.45, 2.75) is 45.6 Å². The highest BCUT2D eigenvalue weighted by Crippen LogP contribution is 2.25. The van der Waals surface area contributed by atoms with E-state index in [9.17, 15) is 19.5 Å². The van der Waals surface area contributed by atoms with E-state index in [1.165, 1.54) is 0 Å². The molecule has 4 rings (SSSR count). The summed E-state index contributed by atoms with van der Waals surface area (Å²) in [5, 5.41) is 18.6. The van der Waals surface area contributed by atoms with Crippen molar-refractivity contribution in [3.63, 3.8) is 0 Å². The number of aryl methyl sites for hydroxylation is 2. The minimum atomic E-state index is -1.10. The zero-order valence-electron chi connectivity index (χ0n) is 23.9. The van der Waals surface area contributed by atoms with Gasteiger partial charge in [0, 0.05) is 56.1 Å². The number of pyridine rings is 1. The summed E-state index contributed by atoms with van der Waals surface area (Å²) in [5.74, 6) is -0.289. The summed E-state index contributed by atoms with van der Waals surface area (Å²) < 4.78 is 0. The van der Waals surface area contributed by atoms with Crippen molar-refractivity contribution in [1.29, 1.82) is 0 Å². The number of nitrogens with one attached hydrogen (secondary N) is 3. The van der Waals surface area contributed by atoms with Gasteiger partial charge >= 0.3 is 5.97 Å². The van der Waals surface area contributed by atoms with Gasteiger partial charge < -0.3 is 26.0 Å². The van der Waals surface area contributed by atoms with Crippen molar-refractivity contribution >= 4 is 29.3 Å². The van der Waals surface area contributed by atoms with Crippen LogP contribution in [-0.4, -0.2) is 60.6 Å². The molecule has 1 fully saturated rings. The lowest BCUT2D eigenvalue weighted by molar-refractivity contribution is -0.139. The van der Waals surface area contributed by atoms with Crippen LogP contribution in [0.5, 0.6) is 0 Å². The molecule has 41 heavy (non-hydrogen) atoms. The van der Waals surface area contributed by atoms with Crippen molar-refractivity contribution in [1.82, 2.24) is 15.6 Å². The van der Waals surface area contributed by atoms with Crippen molar-refractivity contribution < 1.29 is 19.5 Å². The van der Waals surface area contributed by atoms with Gasteiger partial charge in [0.25, 0.3) is 11.8 Å². The van der Waals surface area contributed by atoms with Gasteiger partial charge in [-0.1, -0.05) is 25.1 Å². The Morgan fingerprint density at radius 2 is 1.78 bits per heavy atom. The Morgan fingerprint density at radius 3 is 2.39 bits per heavy atom. The Labute approximate surface area is 241 Å². The first-order valence-electron chi connectivity index (χ1n) is 14.2. The highest BCUT2D eigenvalue weighted by molar-refractivity contribution is 6.01. The standard InChI is InChI=1S/C32H39N5O4/c1-4-24-19-25(30(38)33-3)17-21(2)29(24)31(39)36-27(32(40)41)18-22-8-10-26(11-9-22)37-15-12-23(13-16-37)20-35-28-7-5-6-14-34-28/h5-11,14,17,19,23,27H,4,12-13,15-16,18,20H2,1-3H3,(H,33,38)(H,34,35)(H,36,39)(H,40,41). The van der Waals surface area contributed by atoms with Crippen molar-refractivity contribution in [3.8, 4) is 0 Å². The molecule has 1 aromatic heterocycles. The molecule has 4 N–H and O–H groups in total. The predicted octanol–water partition coefficient (Wildman–Crippen LogP) is 4.07. The zero-order chi connectivity index (χ0) is 29.4. The second-order valence-electron chi connectivity index (χ2n) is 10.5. The lowest BCUT2D eigenvalue weighted by Crippen LogP contribution is -2.43. The van der Waals surface area contributed by atoms with E-state index in [0.29, 0.717) is 34.6 Å². The van der Waals surface area contributed by atoms with Gasteiger partial charge in [0.2, 0.25) is 0 Å². The van der Waals surface area contributed by atoms with Gasteiger partial charge in [-0.25, -0.2) is 9.78 Å². The molecular weight excluding hydrogens is 518 g/mol. The van der Waals surface area contributed by atoms with Crippen LogP contribution < -0.4 is 20.9 Å². The van der Waals surface area contributed by atoms with Crippen LogP contribution in [0.4, 0.5) is 11.5 Å². The molecule has 9 nitrogen and oxygen atoms in total. The van der Waals surface area contributed by atoms with Crippen LogP contribution >= 0.6 is 0 Å². The summed E-state index contributed by atoms with van der Waals surface area (Å²) in [4.78, 5) is 44.1. The smallest absolute Gasteiger partial charge is 0.326 e. The van der Waals surface area contributed by atoms with Crippen LogP contribution in [0.1, 0.15) is 57.2 Å². The van der Waals surface area contributed by atoms with Gasteiger partial charge in [-0.3, -0.25) is 9.59 Å². The number of nitrogens with zero attached hydrogens (tertiary/aromatic N) is 2. The number of anilines is 2. The molecule has 1 aliphatic rings. The maximum absolute atomic E-state index is 13.2. The summed E-state index contributed by atoms with van der Waals surface area (Å²) in [6, 6.07) is 16.1. The number of rotatable bonds is 11. The second kappa shape index (κ2) is 13.8. The fourth-order valence-electron chi connectivity index (χ4n) is 5.36. The number of aliphatic carboxylic acids is 1.